The molecule has 0 aliphatic rings. The van der Waals surface area contributed by atoms with Crippen LogP contribution >= 0.6 is 0 Å². The second-order valence-electron chi connectivity index (χ2n) is 4.93. The molecule has 0 fully saturated rings. The minimum Gasteiger partial charge on any atom is -0.395 e. The molecule has 0 radical (unpaired) electrons. The number of benzene rings is 1. The van der Waals surface area contributed by atoms with Crippen LogP contribution in [0.2, 0.25) is 0 Å². The Balaban J connectivity index is 3.08. The monoisotopic (exact) mass is 260 g/mol. The molecule has 1 amide bonds. The normalized spacial score (nSPS) is 10.9. The zero-order valence-electron chi connectivity index (χ0n) is 11.7. The molecule has 19 heavy (non-hydrogen) atoms. The van der Waals surface area contributed by atoms with E-state index in [0.717, 1.165) is 5.56 Å². The third-order valence-corrected chi connectivity index (χ3v) is 3.29. The molecule has 102 valence electrons. The average molecular weight is 260 g/mol. The van der Waals surface area contributed by atoms with Crippen molar-refractivity contribution >= 4 is 5.91 Å². The molecule has 0 aliphatic heterocycles. The highest BCUT2D eigenvalue weighted by Crippen LogP contribution is 2.26. The predicted molar refractivity (Wildman–Crippen MR) is 73.5 cm³/mol. The second-order valence-corrected chi connectivity index (χ2v) is 4.93. The van der Waals surface area contributed by atoms with E-state index in [0.29, 0.717) is 18.7 Å². The maximum absolute atomic E-state index is 12.5. The molecule has 0 spiro atoms. The van der Waals surface area contributed by atoms with Crippen LogP contribution in [0.25, 0.3) is 0 Å². The van der Waals surface area contributed by atoms with Gasteiger partial charge < -0.3 is 10.0 Å². The minimum absolute atomic E-state index is 0.0425. The van der Waals surface area contributed by atoms with Crippen molar-refractivity contribution in [3.05, 3.63) is 35.4 Å². The number of hydrogen-bond donors (Lipinski definition) is 1. The van der Waals surface area contributed by atoms with Gasteiger partial charge in [0.2, 0.25) is 5.91 Å². The number of hydrogen-bond acceptors (Lipinski definition) is 3. The quantitative estimate of drug-likeness (QED) is 0.876. The van der Waals surface area contributed by atoms with Gasteiger partial charge in [-0.3, -0.25) is 4.79 Å². The topological polar surface area (TPSA) is 64.3 Å². The Labute approximate surface area is 114 Å². The van der Waals surface area contributed by atoms with Gasteiger partial charge >= 0.3 is 0 Å². The molecule has 0 saturated carbocycles. The second kappa shape index (κ2) is 6.35. The van der Waals surface area contributed by atoms with Crippen molar-refractivity contribution in [3.63, 3.8) is 0 Å². The Hall–Kier alpha value is -1.86. The van der Waals surface area contributed by atoms with Crippen LogP contribution in [0.3, 0.4) is 0 Å². The van der Waals surface area contributed by atoms with Gasteiger partial charge in [-0.25, -0.2) is 0 Å². The van der Waals surface area contributed by atoms with Crippen molar-refractivity contribution in [2.24, 2.45) is 0 Å². The summed E-state index contributed by atoms with van der Waals surface area (Å²) in [5.74, 6) is -0.0425. The van der Waals surface area contributed by atoms with Crippen molar-refractivity contribution < 1.29 is 9.90 Å². The number of aliphatic hydroxyl groups is 1. The lowest BCUT2D eigenvalue weighted by atomic mass is 9.82. The van der Waals surface area contributed by atoms with E-state index in [1.165, 1.54) is 0 Å². The molecule has 0 saturated heterocycles. The third kappa shape index (κ3) is 3.33. The lowest BCUT2D eigenvalue weighted by Gasteiger charge is -2.31. The highest BCUT2D eigenvalue weighted by atomic mass is 16.3. The van der Waals surface area contributed by atoms with E-state index < -0.39 is 5.41 Å². The molecular weight excluding hydrogens is 240 g/mol. The Kier molecular flexibility index (Phi) is 5.08. The van der Waals surface area contributed by atoms with E-state index >= 15 is 0 Å². The zero-order valence-corrected chi connectivity index (χ0v) is 11.7. The fourth-order valence-corrected chi connectivity index (χ4v) is 2.02. The smallest absolute Gasteiger partial charge is 0.232 e. The van der Waals surface area contributed by atoms with Gasteiger partial charge in [0.05, 0.1) is 23.7 Å². The van der Waals surface area contributed by atoms with E-state index in [1.807, 2.05) is 26.8 Å². The molecule has 0 bridgehead atoms. The molecule has 4 heteroatoms. The molecule has 1 aromatic carbocycles. The molecule has 1 N–H and O–H groups in total. The van der Waals surface area contributed by atoms with Crippen LogP contribution in [0.4, 0.5) is 0 Å². The van der Waals surface area contributed by atoms with Crippen molar-refractivity contribution in [2.75, 3.05) is 19.7 Å². The molecule has 0 heterocycles. The van der Waals surface area contributed by atoms with E-state index in [4.69, 9.17) is 10.4 Å². The van der Waals surface area contributed by atoms with Crippen LogP contribution in [-0.2, 0) is 10.2 Å². The summed E-state index contributed by atoms with van der Waals surface area (Å²) >= 11 is 0. The van der Waals surface area contributed by atoms with E-state index in [9.17, 15) is 4.79 Å². The Morgan fingerprint density at radius 2 is 2.16 bits per heavy atom. The molecule has 1 rings (SSSR count). The summed E-state index contributed by atoms with van der Waals surface area (Å²) in [7, 11) is 0. The van der Waals surface area contributed by atoms with Gasteiger partial charge in [-0.2, -0.15) is 5.26 Å². The van der Waals surface area contributed by atoms with Crippen LogP contribution in [-0.4, -0.2) is 35.6 Å². The summed E-state index contributed by atoms with van der Waals surface area (Å²) in [5.41, 5.74) is 0.648. The average Bonchev–Trinajstić information content (AvgIpc) is 2.44. The first-order valence-corrected chi connectivity index (χ1v) is 6.38. The van der Waals surface area contributed by atoms with Gasteiger partial charge in [0, 0.05) is 13.1 Å². The predicted octanol–water partition coefficient (Wildman–Crippen LogP) is 1.68. The number of nitriles is 1. The molecule has 0 aromatic heterocycles. The number of amides is 1. The summed E-state index contributed by atoms with van der Waals surface area (Å²) in [6.45, 7) is 6.40. The zero-order chi connectivity index (χ0) is 14.5. The molecule has 4 nitrogen and oxygen atoms in total. The lowest BCUT2D eigenvalue weighted by Crippen LogP contribution is -2.44. The molecule has 0 atom stereocenters. The van der Waals surface area contributed by atoms with Gasteiger partial charge in [-0.1, -0.05) is 12.1 Å². The summed E-state index contributed by atoms with van der Waals surface area (Å²) in [6.07, 6.45) is 0. The highest BCUT2D eigenvalue weighted by Gasteiger charge is 2.33. The first-order chi connectivity index (χ1) is 8.97. The number of carbonyl (C=O) groups is 1. The summed E-state index contributed by atoms with van der Waals surface area (Å²) in [6, 6.07) is 9.18. The lowest BCUT2D eigenvalue weighted by molar-refractivity contribution is -0.136. The molecule has 0 aliphatic carbocycles. The van der Waals surface area contributed by atoms with Crippen molar-refractivity contribution in [1.29, 1.82) is 5.26 Å². The number of likely N-dealkylation sites (N-methyl/N-ethyl adjacent to an activating group) is 1. The largest absolute Gasteiger partial charge is 0.395 e. The van der Waals surface area contributed by atoms with Crippen LogP contribution in [0.5, 0.6) is 0 Å². The fourth-order valence-electron chi connectivity index (χ4n) is 2.02. The molecule has 1 aromatic rings. The Morgan fingerprint density at radius 3 is 2.68 bits per heavy atom. The van der Waals surface area contributed by atoms with E-state index in [1.54, 1.807) is 23.1 Å². The number of nitrogens with zero attached hydrogens (tertiary/aromatic N) is 2. The van der Waals surface area contributed by atoms with Crippen molar-refractivity contribution in [3.8, 4) is 6.07 Å². The number of rotatable bonds is 5. The Morgan fingerprint density at radius 1 is 1.47 bits per heavy atom. The van der Waals surface area contributed by atoms with Gasteiger partial charge in [-0.05, 0) is 38.5 Å². The highest BCUT2D eigenvalue weighted by molar-refractivity contribution is 5.87. The van der Waals surface area contributed by atoms with Gasteiger partial charge in [-0.15, -0.1) is 0 Å². The third-order valence-electron chi connectivity index (χ3n) is 3.29. The van der Waals surface area contributed by atoms with Crippen LogP contribution in [0.15, 0.2) is 24.3 Å². The first-order valence-electron chi connectivity index (χ1n) is 6.38. The summed E-state index contributed by atoms with van der Waals surface area (Å²) in [4.78, 5) is 14.1. The molecule has 0 unspecified atom stereocenters. The van der Waals surface area contributed by atoms with E-state index in [2.05, 4.69) is 6.07 Å². The van der Waals surface area contributed by atoms with Crippen LogP contribution in [0.1, 0.15) is 31.9 Å². The number of aliphatic hydroxyl groups excluding tert-OH is 1. The summed E-state index contributed by atoms with van der Waals surface area (Å²) < 4.78 is 0. The summed E-state index contributed by atoms with van der Waals surface area (Å²) in [5, 5.41) is 17.9. The van der Waals surface area contributed by atoms with Gasteiger partial charge in [0.15, 0.2) is 0 Å². The Bertz CT molecular complexity index is 489. The minimum atomic E-state index is -0.710. The molecular formula is C15H20N2O2. The van der Waals surface area contributed by atoms with Crippen LogP contribution < -0.4 is 0 Å². The fraction of sp³-hybridized carbons (Fsp3) is 0.467. The van der Waals surface area contributed by atoms with Gasteiger partial charge in [0.1, 0.15) is 0 Å². The first kappa shape index (κ1) is 15.2. The maximum Gasteiger partial charge on any atom is 0.232 e. The van der Waals surface area contributed by atoms with Gasteiger partial charge in [0.25, 0.3) is 0 Å². The van der Waals surface area contributed by atoms with Crippen molar-refractivity contribution in [2.45, 2.75) is 26.2 Å². The maximum atomic E-state index is 12.5. The number of carbonyl (C=O) groups excluding carboxylic acids is 1. The van der Waals surface area contributed by atoms with E-state index in [-0.39, 0.29) is 12.5 Å². The SMILES string of the molecule is CCN(CCO)C(=O)C(C)(C)c1cccc(C#N)c1. The van der Waals surface area contributed by atoms with Crippen LogP contribution in [0, 0.1) is 11.3 Å². The standard InChI is InChI=1S/C15H20N2O2/c1-4-17(8-9-18)14(19)15(2,3)13-7-5-6-12(10-13)11-16/h5-7,10,18H,4,8-9H2,1-3H3. The van der Waals surface area contributed by atoms with Crippen molar-refractivity contribution in [1.82, 2.24) is 4.90 Å².